The summed E-state index contributed by atoms with van der Waals surface area (Å²) in [7, 11) is -6.44. The number of urea groups is 2. The van der Waals surface area contributed by atoms with E-state index in [1.54, 1.807) is 18.3 Å². The second-order valence-electron chi connectivity index (χ2n) is 9.21. The van der Waals surface area contributed by atoms with Crippen molar-refractivity contribution in [3.05, 3.63) is 64.9 Å². The fourth-order valence-corrected chi connectivity index (χ4v) is 6.05. The maximum absolute atomic E-state index is 12.4. The topological polar surface area (TPSA) is 282 Å². The first-order valence-corrected chi connectivity index (χ1v) is 17.2. The molecule has 0 spiro atoms. The highest BCUT2D eigenvalue weighted by molar-refractivity contribution is 7.90. The summed E-state index contributed by atoms with van der Waals surface area (Å²) in [6, 6.07) is 5.43. The van der Waals surface area contributed by atoms with E-state index in [0.717, 1.165) is 19.2 Å². The molecule has 2 aromatic heterocycles. The van der Waals surface area contributed by atoms with Gasteiger partial charge >= 0.3 is 49.3 Å². The molecule has 2 aromatic carbocycles. The fraction of sp³-hybridized carbons (Fsp3) is 0.192. The zero-order valence-electron chi connectivity index (χ0n) is 27.2. The van der Waals surface area contributed by atoms with Gasteiger partial charge in [0.1, 0.15) is 15.6 Å². The van der Waals surface area contributed by atoms with Crippen LogP contribution in [0.25, 0.3) is 0 Å². The third kappa shape index (κ3) is 12.5. The number of benzene rings is 2. The number of sulfonamides is 2. The van der Waals surface area contributed by atoms with Crippen molar-refractivity contribution in [1.29, 1.82) is 0 Å². The van der Waals surface area contributed by atoms with Crippen LogP contribution in [0, 0.1) is 6.92 Å². The molecule has 4 amide bonds. The zero-order chi connectivity index (χ0) is 40.2. The summed E-state index contributed by atoms with van der Waals surface area (Å²) < 4.78 is 119. The number of methoxy groups -OCH3 is 2. The van der Waals surface area contributed by atoms with Crippen LogP contribution in [0.1, 0.15) is 16.2 Å². The van der Waals surface area contributed by atoms with Crippen LogP contribution >= 0.6 is 11.6 Å². The fourth-order valence-electron chi connectivity index (χ4n) is 3.51. The Morgan fingerprint density at radius 1 is 0.667 bits per heavy atom. The number of carbonyl (C=O) groups excluding carboxylic acids is 3. The number of carbonyl (C=O) groups is 3. The second-order valence-corrected chi connectivity index (χ2v) is 12.9. The van der Waals surface area contributed by atoms with Crippen LogP contribution in [0.2, 0.25) is 5.02 Å². The molecule has 2 heterocycles. The van der Waals surface area contributed by atoms with Gasteiger partial charge in [0.25, 0.3) is 20.0 Å². The lowest BCUT2D eigenvalue weighted by atomic mass is 10.2. The number of nitrogens with one attached hydrogen (secondary N) is 4. The molecule has 28 heteroatoms. The Labute approximate surface area is 305 Å². The Bertz CT molecular complexity index is 2200. The number of alkyl halides is 4. The van der Waals surface area contributed by atoms with Crippen molar-refractivity contribution in [2.45, 2.75) is 29.9 Å². The largest absolute Gasteiger partial charge is 0.467 e. The predicted octanol–water partition coefficient (Wildman–Crippen LogP) is 2.72. The molecule has 0 radical (unpaired) electrons. The first-order chi connectivity index (χ1) is 25.3. The number of aromatic nitrogens is 6. The molecule has 21 nitrogen and oxygen atoms in total. The van der Waals surface area contributed by atoms with E-state index in [0.29, 0.717) is 5.82 Å². The Kier molecular flexibility index (Phi) is 14.5. The SMILES string of the molecule is COC(=O)c1ccccc1S(=O)(=O)NC(=O)Nc1nc(OC(F)F)nc(OC(F)F)n1.COc1nc(C)nc(NC(=O)NS(=O)(=O)c2ccccc2Cl)n1. The normalized spacial score (nSPS) is 11.1. The Morgan fingerprint density at radius 3 is 1.63 bits per heavy atom. The molecule has 4 aromatic rings. The van der Waals surface area contributed by atoms with E-state index in [4.69, 9.17) is 16.3 Å². The summed E-state index contributed by atoms with van der Waals surface area (Å²) >= 11 is 5.81. The van der Waals surface area contributed by atoms with Gasteiger partial charge in [-0.1, -0.05) is 35.9 Å². The lowest BCUT2D eigenvalue weighted by Gasteiger charge is -2.11. The molecule has 4 N–H and O–H groups in total. The van der Waals surface area contributed by atoms with Gasteiger partial charge in [-0.05, 0) is 31.2 Å². The number of amides is 4. The van der Waals surface area contributed by atoms with Gasteiger partial charge in [-0.2, -0.15) is 42.5 Å². The number of aryl methyl sites for hydroxylation is 1. The van der Waals surface area contributed by atoms with Gasteiger partial charge in [0.2, 0.25) is 11.9 Å². The highest BCUT2D eigenvalue weighted by atomic mass is 35.5. The molecule has 0 saturated carbocycles. The van der Waals surface area contributed by atoms with Gasteiger partial charge in [0.15, 0.2) is 0 Å². The van der Waals surface area contributed by atoms with Crippen molar-refractivity contribution < 1.29 is 67.7 Å². The van der Waals surface area contributed by atoms with Crippen LogP contribution < -0.4 is 34.3 Å². The van der Waals surface area contributed by atoms with Crippen molar-refractivity contribution in [2.75, 3.05) is 24.9 Å². The van der Waals surface area contributed by atoms with E-state index in [-0.39, 0.29) is 21.9 Å². The molecule has 0 atom stereocenters. The van der Waals surface area contributed by atoms with E-state index in [1.165, 1.54) is 42.2 Å². The highest BCUT2D eigenvalue weighted by Crippen LogP contribution is 2.21. The average molecular weight is 827 g/mol. The monoisotopic (exact) mass is 826 g/mol. The molecule has 0 saturated heterocycles. The standard InChI is InChI=1S/C14H11F4N5O7S.C12H12ClN5O4S/c1-28-8(24)6-4-2-3-5-7(6)31(26,27)23-12(25)19-11-20-13(29-9(15)16)22-14(21-11)30-10(17)18;1-7-14-10(17-12(15-7)22-2)16-11(19)18-23(20,21)9-6-4-3-5-8(9)13/h2-5,9-10H,1H3,(H2,19,20,21,22,23,25);3-6H,1-2H3,(H2,14,15,16,17,18,19). The summed E-state index contributed by atoms with van der Waals surface area (Å²) in [6.45, 7) is -5.36. The summed E-state index contributed by atoms with van der Waals surface area (Å²) in [5.74, 6) is -1.83. The van der Waals surface area contributed by atoms with Crippen LogP contribution in [0.5, 0.6) is 18.0 Å². The van der Waals surface area contributed by atoms with Gasteiger partial charge in [0.05, 0.1) is 24.8 Å². The van der Waals surface area contributed by atoms with Crippen LogP contribution in [0.4, 0.5) is 39.0 Å². The Hall–Kier alpha value is -6.22. The first-order valence-electron chi connectivity index (χ1n) is 13.8. The number of anilines is 2. The van der Waals surface area contributed by atoms with Crippen molar-refractivity contribution in [2.24, 2.45) is 0 Å². The van der Waals surface area contributed by atoms with Gasteiger partial charge in [-0.15, -0.1) is 4.98 Å². The van der Waals surface area contributed by atoms with Gasteiger partial charge in [-0.3, -0.25) is 10.6 Å². The van der Waals surface area contributed by atoms with E-state index in [2.05, 4.69) is 49.4 Å². The maximum Gasteiger partial charge on any atom is 0.389 e. The van der Waals surface area contributed by atoms with E-state index in [9.17, 15) is 48.8 Å². The molecule has 4 rings (SSSR count). The van der Waals surface area contributed by atoms with E-state index in [1.807, 2.05) is 4.72 Å². The predicted molar refractivity (Wildman–Crippen MR) is 172 cm³/mol. The van der Waals surface area contributed by atoms with Gasteiger partial charge < -0.3 is 18.9 Å². The van der Waals surface area contributed by atoms with Crippen LogP contribution in [0.15, 0.2) is 58.3 Å². The smallest absolute Gasteiger partial charge is 0.389 e. The van der Waals surface area contributed by atoms with Crippen LogP contribution in [0.3, 0.4) is 0 Å². The molecule has 54 heavy (non-hydrogen) atoms. The van der Waals surface area contributed by atoms with Gasteiger partial charge in [-0.25, -0.2) is 40.7 Å². The molecule has 290 valence electrons. The van der Waals surface area contributed by atoms with E-state index >= 15 is 0 Å². The number of esters is 1. The minimum atomic E-state index is -4.66. The van der Waals surface area contributed by atoms with Crippen LogP contribution in [-0.4, -0.2) is 92.2 Å². The number of hydrogen-bond donors (Lipinski definition) is 4. The Balaban J connectivity index is 0.000000303. The Morgan fingerprint density at radius 2 is 1.13 bits per heavy atom. The number of ether oxygens (including phenoxy) is 4. The quantitative estimate of drug-likeness (QED) is 0.118. The van der Waals surface area contributed by atoms with E-state index < -0.39 is 79.7 Å². The summed E-state index contributed by atoms with van der Waals surface area (Å²) in [5, 5.41) is 3.88. The molecule has 0 aliphatic rings. The lowest BCUT2D eigenvalue weighted by molar-refractivity contribution is -0.0643. The molecular weight excluding hydrogens is 804 g/mol. The average Bonchev–Trinajstić information content (AvgIpc) is 3.06. The lowest BCUT2D eigenvalue weighted by Crippen LogP contribution is -2.35. The number of halogens is 5. The molecule has 0 bridgehead atoms. The third-order valence-electron chi connectivity index (χ3n) is 5.51. The van der Waals surface area contributed by atoms with Crippen LogP contribution in [-0.2, 0) is 24.8 Å². The highest BCUT2D eigenvalue weighted by Gasteiger charge is 2.26. The molecular formula is C26H23ClF4N10O11S2. The summed E-state index contributed by atoms with van der Waals surface area (Å²) in [6.07, 6.45) is 0. The van der Waals surface area contributed by atoms with Crippen molar-refractivity contribution in [3.8, 4) is 18.0 Å². The number of rotatable bonds is 12. The molecule has 0 fully saturated rings. The number of hydrogen-bond acceptors (Lipinski definition) is 17. The zero-order valence-corrected chi connectivity index (χ0v) is 29.5. The summed E-state index contributed by atoms with van der Waals surface area (Å²) in [5.41, 5.74) is -0.397. The van der Waals surface area contributed by atoms with Gasteiger partial charge in [0, 0.05) is 0 Å². The van der Waals surface area contributed by atoms with Crippen molar-refractivity contribution >= 4 is 61.6 Å². The van der Waals surface area contributed by atoms with Crippen molar-refractivity contribution in [1.82, 2.24) is 39.3 Å². The van der Waals surface area contributed by atoms with Crippen molar-refractivity contribution in [3.63, 3.8) is 0 Å². The second kappa shape index (κ2) is 18.5. The first kappa shape index (κ1) is 42.2. The summed E-state index contributed by atoms with van der Waals surface area (Å²) in [4.78, 5) is 55.6. The minimum absolute atomic E-state index is 0.00882. The maximum atomic E-state index is 12.4. The number of nitrogens with zero attached hydrogens (tertiary/aromatic N) is 6. The minimum Gasteiger partial charge on any atom is -0.467 e. The third-order valence-corrected chi connectivity index (χ3v) is 8.73. The molecule has 0 aliphatic heterocycles. The molecule has 0 unspecified atom stereocenters. The molecule has 0 aliphatic carbocycles.